The zero-order chi connectivity index (χ0) is 44.1. The molecule has 3 rings (SSSR count). The summed E-state index contributed by atoms with van der Waals surface area (Å²) in [7, 11) is 2.71. The molecule has 3 fully saturated rings. The molecule has 58 heavy (non-hydrogen) atoms. The summed E-state index contributed by atoms with van der Waals surface area (Å²) in [5, 5.41) is 49.9. The zero-order valence-corrected chi connectivity index (χ0v) is 37.6. The Morgan fingerprint density at radius 1 is 1.02 bits per heavy atom. The third-order valence-corrected chi connectivity index (χ3v) is 13.8. The average molecular weight is 843 g/mol. The molecule has 13 heteroatoms. The molecule has 1 amide bonds. The first-order valence-corrected chi connectivity index (χ1v) is 22.0. The third kappa shape index (κ3) is 13.7. The molecule has 0 spiro atoms. The van der Waals surface area contributed by atoms with Gasteiger partial charge >= 0.3 is 5.97 Å². The fraction of sp³-hybridized carbons (Fsp3) is 0.822. The van der Waals surface area contributed by atoms with Crippen molar-refractivity contribution in [3.05, 3.63) is 23.3 Å². The standard InChI is InChI=1S/C44H72ClNO10.CH4O/c1-10-33(38(49)23-37(48)31(8)30(7)27(4)20-32-14-15-35(45)39(22-32)55-9)19-26(3)17-25(2)18-28(5)40-34(24-47)21-29(6)44(54,56-40)41(50)42(51)46-16-12-11-13-36(46)43(52)53;1-2/h19-20,25,28-37,39-40,47-48,54H,10-18,21-24H2,1-9H3,(H,52,53);2H,1H3/b26-19+,27-20+;/t25-,28-,29+,30+,31-,32-,33+,34+,35-,36-,37-,39+,40+,44+;/m0./s1. The van der Waals surface area contributed by atoms with Crippen LogP contribution < -0.4 is 0 Å². The minimum absolute atomic E-state index is 0.0117. The Balaban J connectivity index is 0.00000571. The summed E-state index contributed by atoms with van der Waals surface area (Å²) in [6.07, 6.45) is 9.33. The fourth-order valence-corrected chi connectivity index (χ4v) is 9.84. The number of aliphatic hydroxyl groups is 4. The van der Waals surface area contributed by atoms with Gasteiger partial charge in [0.15, 0.2) is 0 Å². The summed E-state index contributed by atoms with van der Waals surface area (Å²) in [6, 6.07) is -1.13. The predicted molar refractivity (Wildman–Crippen MR) is 225 cm³/mol. The smallest absolute Gasteiger partial charge is 0.326 e. The van der Waals surface area contributed by atoms with Crippen LogP contribution in [0.1, 0.15) is 126 Å². The Morgan fingerprint density at radius 2 is 1.67 bits per heavy atom. The molecule has 5 N–H and O–H groups in total. The van der Waals surface area contributed by atoms with Gasteiger partial charge in [0.25, 0.3) is 11.7 Å². The second kappa shape index (κ2) is 24.3. The van der Waals surface area contributed by atoms with E-state index in [1.54, 1.807) is 14.0 Å². The lowest BCUT2D eigenvalue weighted by Crippen LogP contribution is -2.62. The maximum atomic E-state index is 13.6. The average Bonchev–Trinajstić information content (AvgIpc) is 3.20. The highest BCUT2D eigenvalue weighted by molar-refractivity contribution is 6.39. The molecule has 0 aromatic carbocycles. The first-order chi connectivity index (χ1) is 27.3. The van der Waals surface area contributed by atoms with Gasteiger partial charge in [-0.3, -0.25) is 14.4 Å². The van der Waals surface area contributed by atoms with E-state index in [-0.39, 0.29) is 85.2 Å². The summed E-state index contributed by atoms with van der Waals surface area (Å²) < 4.78 is 11.7. The Kier molecular flexibility index (Phi) is 21.8. The number of amides is 1. The van der Waals surface area contributed by atoms with E-state index < -0.39 is 47.6 Å². The van der Waals surface area contributed by atoms with E-state index in [0.29, 0.717) is 38.0 Å². The number of Topliss-reactive ketones (excluding diaryl/α,β-unsaturated/α-hetero) is 2. The number of hydrogen-bond donors (Lipinski definition) is 5. The maximum Gasteiger partial charge on any atom is 0.326 e. The number of rotatable bonds is 19. The number of carboxylic acid groups (broad SMARTS) is 1. The molecule has 0 aromatic rings. The number of ketones is 2. The number of carbonyl (C=O) groups excluding carboxylic acids is 3. The van der Waals surface area contributed by atoms with Crippen molar-refractivity contribution in [2.45, 2.75) is 162 Å². The van der Waals surface area contributed by atoms with Crippen LogP contribution in [0.3, 0.4) is 0 Å². The molecular weight excluding hydrogens is 766 g/mol. The van der Waals surface area contributed by atoms with Crippen molar-refractivity contribution in [3.8, 4) is 0 Å². The molecule has 2 heterocycles. The Hall–Kier alpha value is -2.19. The largest absolute Gasteiger partial charge is 0.480 e. The molecule has 12 nitrogen and oxygen atoms in total. The number of carbonyl (C=O) groups is 4. The highest BCUT2D eigenvalue weighted by Crippen LogP contribution is 2.41. The van der Waals surface area contributed by atoms with Gasteiger partial charge in [0.2, 0.25) is 5.79 Å². The van der Waals surface area contributed by atoms with Crippen molar-refractivity contribution in [2.24, 2.45) is 47.3 Å². The van der Waals surface area contributed by atoms with Crippen molar-refractivity contribution in [3.63, 3.8) is 0 Å². The van der Waals surface area contributed by atoms with Crippen LogP contribution in [0.15, 0.2) is 23.3 Å². The van der Waals surface area contributed by atoms with Crippen LogP contribution in [0.5, 0.6) is 0 Å². The number of aliphatic carboxylic acids is 1. The fourth-order valence-electron chi connectivity index (χ4n) is 9.50. The van der Waals surface area contributed by atoms with E-state index in [2.05, 4.69) is 26.8 Å². The number of ether oxygens (including phenoxy) is 2. The van der Waals surface area contributed by atoms with Gasteiger partial charge in [0.05, 0.1) is 23.7 Å². The van der Waals surface area contributed by atoms with Gasteiger partial charge < -0.3 is 39.9 Å². The van der Waals surface area contributed by atoms with E-state index in [9.17, 15) is 39.6 Å². The molecule has 0 aromatic heterocycles. The van der Waals surface area contributed by atoms with Crippen LogP contribution in [0.2, 0.25) is 0 Å². The summed E-state index contributed by atoms with van der Waals surface area (Å²) in [6.45, 7) is 15.7. The quantitative estimate of drug-likeness (QED) is 0.0555. The molecule has 0 radical (unpaired) electrons. The van der Waals surface area contributed by atoms with Crippen LogP contribution in [0.25, 0.3) is 0 Å². The molecule has 0 unspecified atom stereocenters. The normalized spacial score (nSPS) is 31.5. The van der Waals surface area contributed by atoms with Crippen molar-refractivity contribution in [1.82, 2.24) is 4.90 Å². The molecule has 0 bridgehead atoms. The number of piperidine rings is 1. The first kappa shape index (κ1) is 51.9. The van der Waals surface area contributed by atoms with Crippen LogP contribution >= 0.6 is 11.6 Å². The lowest BCUT2D eigenvalue weighted by Gasteiger charge is -2.47. The SMILES string of the molecule is CC[C@H](/C=C(\C)C[C@H](C)C[C@H](C)[C@H]1O[C@@](O)(C(=O)C(=O)N2CCCC[C@H]2C(=O)O)[C@H](C)C[C@@H]1CO)C(=O)C[C@H](O)[C@@H](C)[C@H](C)/C(C)=C/[C@@H]1CC[C@H](Cl)[C@H](OC)C1.CO. The van der Waals surface area contributed by atoms with Crippen LogP contribution in [0, 0.1) is 47.3 Å². The minimum Gasteiger partial charge on any atom is -0.480 e. The van der Waals surface area contributed by atoms with E-state index in [1.807, 2.05) is 33.8 Å². The van der Waals surface area contributed by atoms with Crippen LogP contribution in [0.4, 0.5) is 0 Å². The molecular formula is C45H76ClNO11. The zero-order valence-electron chi connectivity index (χ0n) is 36.9. The number of methoxy groups -OCH3 is 1. The summed E-state index contributed by atoms with van der Waals surface area (Å²) in [4.78, 5) is 53.4. The number of aliphatic hydroxyl groups excluding tert-OH is 3. The van der Waals surface area contributed by atoms with E-state index in [0.717, 1.165) is 36.8 Å². The second-order valence-corrected chi connectivity index (χ2v) is 18.3. The third-order valence-electron chi connectivity index (χ3n) is 13.3. The lowest BCUT2D eigenvalue weighted by atomic mass is 9.75. The van der Waals surface area contributed by atoms with E-state index in [1.165, 1.54) is 5.57 Å². The minimum atomic E-state index is -2.44. The number of carboxylic acids is 1. The van der Waals surface area contributed by atoms with E-state index >= 15 is 0 Å². The van der Waals surface area contributed by atoms with Gasteiger partial charge in [-0.05, 0) is 108 Å². The van der Waals surface area contributed by atoms with Gasteiger partial charge in [-0.2, -0.15) is 0 Å². The van der Waals surface area contributed by atoms with Crippen molar-refractivity contribution in [1.29, 1.82) is 0 Å². The maximum absolute atomic E-state index is 13.6. The van der Waals surface area contributed by atoms with E-state index in [4.69, 9.17) is 26.2 Å². The number of nitrogens with zero attached hydrogens (tertiary/aromatic N) is 1. The molecule has 2 saturated heterocycles. The topological polar surface area (TPSA) is 191 Å². The first-order valence-electron chi connectivity index (χ1n) is 21.6. The number of alkyl halides is 1. The molecule has 1 aliphatic carbocycles. The number of halogens is 1. The monoisotopic (exact) mass is 842 g/mol. The molecule has 1 saturated carbocycles. The van der Waals surface area contributed by atoms with Crippen molar-refractivity contribution in [2.75, 3.05) is 27.4 Å². The molecule has 2 aliphatic heterocycles. The van der Waals surface area contributed by atoms with Gasteiger partial charge in [-0.25, -0.2) is 4.79 Å². The summed E-state index contributed by atoms with van der Waals surface area (Å²) >= 11 is 6.43. The Labute approximate surface area is 352 Å². The van der Waals surface area contributed by atoms with Crippen LogP contribution in [-0.4, -0.2) is 117 Å². The molecule has 334 valence electrons. The Morgan fingerprint density at radius 3 is 2.26 bits per heavy atom. The highest BCUT2D eigenvalue weighted by atomic mass is 35.5. The van der Waals surface area contributed by atoms with Gasteiger partial charge in [0, 0.05) is 51.5 Å². The van der Waals surface area contributed by atoms with Gasteiger partial charge in [-0.1, -0.05) is 64.8 Å². The number of allylic oxidation sites excluding steroid dienone is 4. The lowest BCUT2D eigenvalue weighted by molar-refractivity contribution is -0.286. The highest BCUT2D eigenvalue weighted by Gasteiger charge is 2.55. The van der Waals surface area contributed by atoms with Gasteiger partial charge in [-0.15, -0.1) is 11.6 Å². The molecule has 14 atom stereocenters. The van der Waals surface area contributed by atoms with Gasteiger partial charge in [0.1, 0.15) is 11.8 Å². The molecule has 3 aliphatic rings. The predicted octanol–water partition coefficient (Wildman–Crippen LogP) is 6.34. The Bertz CT molecular complexity index is 1400. The van der Waals surface area contributed by atoms with Crippen LogP contribution in [-0.2, 0) is 28.7 Å². The number of likely N-dealkylation sites (tertiary alicyclic amines) is 1. The summed E-state index contributed by atoms with van der Waals surface area (Å²) in [5.41, 5.74) is 2.25. The summed E-state index contributed by atoms with van der Waals surface area (Å²) in [5.74, 6) is -7.06. The second-order valence-electron chi connectivity index (χ2n) is 17.7. The van der Waals surface area contributed by atoms with Crippen molar-refractivity contribution >= 4 is 35.0 Å². The number of hydrogen-bond acceptors (Lipinski definition) is 10. The van der Waals surface area contributed by atoms with Crippen molar-refractivity contribution < 1.29 is 54.2 Å².